The summed E-state index contributed by atoms with van der Waals surface area (Å²) in [5.74, 6) is 0.569. The smallest absolute Gasteiger partial charge is 0.251 e. The number of ether oxygens (including phenoxy) is 1. The second-order valence-electron chi connectivity index (χ2n) is 6.10. The summed E-state index contributed by atoms with van der Waals surface area (Å²) >= 11 is 0. The normalized spacial score (nSPS) is 12.3. The van der Waals surface area contributed by atoms with Crippen LogP contribution < -0.4 is 14.8 Å². The molecule has 0 aliphatic heterocycles. The highest BCUT2D eigenvalue weighted by Gasteiger charge is 2.13. The van der Waals surface area contributed by atoms with Gasteiger partial charge < -0.3 is 10.1 Å². The molecule has 0 spiro atoms. The van der Waals surface area contributed by atoms with Crippen LogP contribution in [0.5, 0.6) is 5.75 Å². The number of amides is 1. The van der Waals surface area contributed by atoms with E-state index in [0.717, 1.165) is 17.6 Å². The van der Waals surface area contributed by atoms with Crippen molar-refractivity contribution in [1.82, 2.24) is 5.32 Å². The first-order valence-electron chi connectivity index (χ1n) is 8.31. The predicted octanol–water partition coefficient (Wildman–Crippen LogP) is 3.26. The van der Waals surface area contributed by atoms with Crippen molar-refractivity contribution < 1.29 is 17.9 Å². The highest BCUT2D eigenvalue weighted by Crippen LogP contribution is 2.20. The van der Waals surface area contributed by atoms with Crippen LogP contribution in [0.2, 0.25) is 0 Å². The van der Waals surface area contributed by atoms with Gasteiger partial charge in [-0.3, -0.25) is 9.52 Å². The Balaban J connectivity index is 2.08. The molecule has 6 nitrogen and oxygen atoms in total. The van der Waals surface area contributed by atoms with Gasteiger partial charge in [-0.1, -0.05) is 12.1 Å². The minimum atomic E-state index is -3.36. The van der Waals surface area contributed by atoms with Gasteiger partial charge in [0.05, 0.1) is 24.6 Å². The molecule has 0 heterocycles. The van der Waals surface area contributed by atoms with Crippen LogP contribution in [-0.4, -0.2) is 27.2 Å². The largest absolute Gasteiger partial charge is 0.494 e. The van der Waals surface area contributed by atoms with Crippen molar-refractivity contribution in [3.8, 4) is 5.75 Å². The third-order valence-electron chi connectivity index (χ3n) is 3.82. The Hall–Kier alpha value is -2.54. The first kappa shape index (κ1) is 19.8. The summed E-state index contributed by atoms with van der Waals surface area (Å²) in [5.41, 5.74) is 2.58. The number of hydrogen-bond acceptors (Lipinski definition) is 4. The zero-order chi connectivity index (χ0) is 19.3. The SMILES string of the molecule is CCOc1ccc([C@@H](C)NC(=O)c2ccc(NS(C)(=O)=O)c(C)c2)cc1. The maximum Gasteiger partial charge on any atom is 0.251 e. The van der Waals surface area contributed by atoms with E-state index in [1.54, 1.807) is 25.1 Å². The van der Waals surface area contributed by atoms with Gasteiger partial charge in [0.2, 0.25) is 10.0 Å². The molecular weight excluding hydrogens is 352 g/mol. The fourth-order valence-corrected chi connectivity index (χ4v) is 3.13. The van der Waals surface area contributed by atoms with Crippen LogP contribution in [0.15, 0.2) is 42.5 Å². The van der Waals surface area contributed by atoms with Crippen molar-refractivity contribution in [2.75, 3.05) is 17.6 Å². The van der Waals surface area contributed by atoms with Gasteiger partial charge >= 0.3 is 0 Å². The highest BCUT2D eigenvalue weighted by atomic mass is 32.2. The van der Waals surface area contributed by atoms with Gasteiger partial charge in [0.15, 0.2) is 0 Å². The predicted molar refractivity (Wildman–Crippen MR) is 103 cm³/mol. The molecule has 1 amide bonds. The monoisotopic (exact) mass is 376 g/mol. The van der Waals surface area contributed by atoms with E-state index in [1.165, 1.54) is 0 Å². The van der Waals surface area contributed by atoms with E-state index in [-0.39, 0.29) is 11.9 Å². The van der Waals surface area contributed by atoms with Gasteiger partial charge in [-0.2, -0.15) is 0 Å². The fraction of sp³-hybridized carbons (Fsp3) is 0.316. The summed E-state index contributed by atoms with van der Waals surface area (Å²) in [7, 11) is -3.36. The molecule has 1 atom stereocenters. The van der Waals surface area contributed by atoms with E-state index in [4.69, 9.17) is 4.74 Å². The van der Waals surface area contributed by atoms with Crippen LogP contribution in [0.25, 0.3) is 0 Å². The molecule has 2 aromatic carbocycles. The van der Waals surface area contributed by atoms with E-state index >= 15 is 0 Å². The van der Waals surface area contributed by atoms with Crippen molar-refractivity contribution in [3.05, 3.63) is 59.2 Å². The second-order valence-corrected chi connectivity index (χ2v) is 7.85. The summed E-state index contributed by atoms with van der Waals surface area (Å²) in [6.07, 6.45) is 1.09. The van der Waals surface area contributed by atoms with Crippen molar-refractivity contribution in [2.24, 2.45) is 0 Å². The van der Waals surface area contributed by atoms with Gasteiger partial charge in [-0.05, 0) is 62.2 Å². The molecule has 0 radical (unpaired) electrons. The number of hydrogen-bond donors (Lipinski definition) is 2. The minimum Gasteiger partial charge on any atom is -0.494 e. The quantitative estimate of drug-likeness (QED) is 0.777. The Bertz CT molecular complexity index is 877. The van der Waals surface area contributed by atoms with Crippen LogP contribution in [-0.2, 0) is 10.0 Å². The zero-order valence-electron chi connectivity index (χ0n) is 15.4. The van der Waals surface area contributed by atoms with Crippen LogP contribution in [0.3, 0.4) is 0 Å². The third-order valence-corrected chi connectivity index (χ3v) is 4.41. The molecule has 0 unspecified atom stereocenters. The lowest BCUT2D eigenvalue weighted by molar-refractivity contribution is 0.0940. The second kappa shape index (κ2) is 8.23. The zero-order valence-corrected chi connectivity index (χ0v) is 16.2. The van der Waals surface area contributed by atoms with Gasteiger partial charge in [0, 0.05) is 5.56 Å². The Labute approximate surface area is 154 Å². The average Bonchev–Trinajstić information content (AvgIpc) is 2.56. The lowest BCUT2D eigenvalue weighted by atomic mass is 10.1. The Morgan fingerprint density at radius 3 is 2.35 bits per heavy atom. The standard InChI is InChI=1S/C19H24N2O4S/c1-5-25-17-9-6-15(7-10-17)14(3)20-19(22)16-8-11-18(13(2)12-16)21-26(4,23)24/h6-12,14,21H,5H2,1-4H3,(H,20,22)/t14-/m1/s1. The molecular formula is C19H24N2O4S. The summed E-state index contributed by atoms with van der Waals surface area (Å²) < 4.78 is 30.5. The highest BCUT2D eigenvalue weighted by molar-refractivity contribution is 7.92. The van der Waals surface area contributed by atoms with E-state index < -0.39 is 10.0 Å². The molecule has 0 saturated heterocycles. The number of sulfonamides is 1. The van der Waals surface area contributed by atoms with Gasteiger partial charge in [0.25, 0.3) is 5.91 Å². The minimum absolute atomic E-state index is 0.174. The topological polar surface area (TPSA) is 84.5 Å². The number of benzene rings is 2. The lowest BCUT2D eigenvalue weighted by Crippen LogP contribution is -2.26. The van der Waals surface area contributed by atoms with Gasteiger partial charge in [-0.15, -0.1) is 0 Å². The summed E-state index contributed by atoms with van der Waals surface area (Å²) in [6.45, 7) is 6.19. The molecule has 2 N–H and O–H groups in total. The van der Waals surface area contributed by atoms with Crippen molar-refractivity contribution in [3.63, 3.8) is 0 Å². The van der Waals surface area contributed by atoms with E-state index in [2.05, 4.69) is 10.0 Å². The maximum atomic E-state index is 12.5. The third kappa shape index (κ3) is 5.49. The van der Waals surface area contributed by atoms with Crippen molar-refractivity contribution in [2.45, 2.75) is 26.8 Å². The molecule has 0 aromatic heterocycles. The summed E-state index contributed by atoms with van der Waals surface area (Å²) in [5, 5.41) is 2.94. The molecule has 140 valence electrons. The molecule has 0 aliphatic rings. The number of carbonyl (C=O) groups excluding carboxylic acids is 1. The number of nitrogens with one attached hydrogen (secondary N) is 2. The Morgan fingerprint density at radius 2 is 1.81 bits per heavy atom. The first-order valence-corrected chi connectivity index (χ1v) is 10.2. The molecule has 0 fully saturated rings. The number of aryl methyl sites for hydroxylation is 1. The van der Waals surface area contributed by atoms with Gasteiger partial charge in [0.1, 0.15) is 5.75 Å². The molecule has 0 aliphatic carbocycles. The van der Waals surface area contributed by atoms with Crippen LogP contribution in [0.1, 0.15) is 41.4 Å². The van der Waals surface area contributed by atoms with Crippen molar-refractivity contribution in [1.29, 1.82) is 0 Å². The molecule has 26 heavy (non-hydrogen) atoms. The van der Waals surface area contributed by atoms with Crippen molar-refractivity contribution >= 4 is 21.6 Å². The van der Waals surface area contributed by atoms with E-state index in [1.807, 2.05) is 38.1 Å². The van der Waals surface area contributed by atoms with Gasteiger partial charge in [-0.25, -0.2) is 8.42 Å². The fourth-order valence-electron chi connectivity index (χ4n) is 2.50. The Morgan fingerprint density at radius 1 is 1.15 bits per heavy atom. The number of carbonyl (C=O) groups is 1. The molecule has 2 rings (SSSR count). The lowest BCUT2D eigenvalue weighted by Gasteiger charge is -2.16. The molecule has 7 heteroatoms. The van der Waals surface area contributed by atoms with Crippen LogP contribution in [0, 0.1) is 6.92 Å². The summed E-state index contributed by atoms with van der Waals surface area (Å²) in [4.78, 5) is 12.5. The Kier molecular flexibility index (Phi) is 6.26. The molecule has 0 bridgehead atoms. The van der Waals surface area contributed by atoms with E-state index in [9.17, 15) is 13.2 Å². The summed E-state index contributed by atoms with van der Waals surface area (Å²) in [6, 6.07) is 12.3. The number of rotatable bonds is 7. The average molecular weight is 376 g/mol. The first-order chi connectivity index (χ1) is 12.2. The van der Waals surface area contributed by atoms with Crippen LogP contribution in [0.4, 0.5) is 5.69 Å². The molecule has 0 saturated carbocycles. The van der Waals surface area contributed by atoms with Crippen LogP contribution >= 0.6 is 0 Å². The maximum absolute atomic E-state index is 12.5. The number of anilines is 1. The van der Waals surface area contributed by atoms with E-state index in [0.29, 0.717) is 23.4 Å². The molecule has 2 aromatic rings.